The smallest absolute Gasteiger partial charge is 0.387 e. The van der Waals surface area contributed by atoms with Crippen LogP contribution in [-0.2, 0) is 0 Å². The van der Waals surface area contributed by atoms with E-state index in [1.54, 1.807) is 0 Å². The molecule has 0 aliphatic carbocycles. The van der Waals surface area contributed by atoms with E-state index < -0.39 is 35.0 Å². The van der Waals surface area contributed by atoms with E-state index in [-0.39, 0.29) is 5.02 Å². The molecule has 108 valence electrons. The highest BCUT2D eigenvalue weighted by molar-refractivity contribution is 6.35. The van der Waals surface area contributed by atoms with Crippen LogP contribution in [0.1, 0.15) is 11.7 Å². The zero-order valence-corrected chi connectivity index (χ0v) is 10.4. The van der Waals surface area contributed by atoms with Gasteiger partial charge in [-0.15, -0.1) is 0 Å². The summed E-state index contributed by atoms with van der Waals surface area (Å²) in [4.78, 5) is 0. The fraction of sp³-hybridized carbons (Fsp3) is 0.400. The Morgan fingerprint density at radius 1 is 0.947 bits per heavy atom. The highest BCUT2D eigenvalue weighted by Gasteiger charge is 2.60. The molecule has 9 heteroatoms. The van der Waals surface area contributed by atoms with E-state index >= 15 is 0 Å². The molecular weight excluding hydrogens is 321 g/mol. The van der Waals surface area contributed by atoms with Crippen LogP contribution in [0.15, 0.2) is 18.2 Å². The average Bonchev–Trinajstić information content (AvgIpc) is 2.11. The summed E-state index contributed by atoms with van der Waals surface area (Å²) in [6.07, 6.45) is -14.2. The Labute approximate surface area is 113 Å². The molecule has 0 bridgehead atoms. The van der Waals surface area contributed by atoms with Crippen LogP contribution < -0.4 is 0 Å². The highest BCUT2D eigenvalue weighted by atomic mass is 35.5. The van der Waals surface area contributed by atoms with E-state index in [4.69, 9.17) is 23.2 Å². The van der Waals surface area contributed by atoms with Crippen LogP contribution in [0, 0.1) is 5.92 Å². The number of aliphatic hydroxyl groups excluding tert-OH is 1. The Kier molecular flexibility index (Phi) is 4.64. The molecule has 0 amide bonds. The lowest BCUT2D eigenvalue weighted by Gasteiger charge is -2.28. The van der Waals surface area contributed by atoms with Gasteiger partial charge in [0.25, 0.3) is 0 Å². The molecule has 1 N–H and O–H groups in total. The van der Waals surface area contributed by atoms with Crippen molar-refractivity contribution in [1.29, 1.82) is 0 Å². The molecule has 0 saturated heterocycles. The largest absolute Gasteiger partial charge is 0.403 e. The van der Waals surface area contributed by atoms with Crippen molar-refractivity contribution < 1.29 is 31.4 Å². The normalized spacial score (nSPS) is 14.8. The molecule has 0 spiro atoms. The van der Waals surface area contributed by atoms with E-state index in [0.717, 1.165) is 18.2 Å². The molecule has 19 heavy (non-hydrogen) atoms. The predicted octanol–water partition coefficient (Wildman–Crippen LogP) is 4.77. The van der Waals surface area contributed by atoms with Crippen LogP contribution in [-0.4, -0.2) is 17.5 Å². The molecule has 1 aromatic rings. The maximum absolute atomic E-state index is 12.4. The summed E-state index contributed by atoms with van der Waals surface area (Å²) in [6.45, 7) is 0. The minimum absolute atomic E-state index is 0.0246. The van der Waals surface area contributed by atoms with Gasteiger partial charge in [0.1, 0.15) is 6.10 Å². The zero-order valence-electron chi connectivity index (χ0n) is 8.86. The molecule has 0 fully saturated rings. The Morgan fingerprint density at radius 2 is 1.42 bits per heavy atom. The Morgan fingerprint density at radius 3 is 1.79 bits per heavy atom. The van der Waals surface area contributed by atoms with Gasteiger partial charge in [0.05, 0.1) is 0 Å². The second kappa shape index (κ2) is 5.38. The minimum atomic E-state index is -5.65. The van der Waals surface area contributed by atoms with E-state index in [9.17, 15) is 31.4 Å². The summed E-state index contributed by atoms with van der Waals surface area (Å²) in [5, 5.41) is 8.91. The number of alkyl halides is 6. The lowest BCUT2D eigenvalue weighted by Crippen LogP contribution is -2.41. The lowest BCUT2D eigenvalue weighted by atomic mass is 9.94. The SMILES string of the molecule is OC(c1ccc(Cl)cc1Cl)C(C(F)(F)F)C(F)(F)F. The first-order valence-corrected chi connectivity index (χ1v) is 5.46. The van der Waals surface area contributed by atoms with Gasteiger partial charge in [-0.05, 0) is 12.1 Å². The minimum Gasteiger partial charge on any atom is -0.387 e. The van der Waals surface area contributed by atoms with Gasteiger partial charge in [0.15, 0.2) is 5.92 Å². The van der Waals surface area contributed by atoms with E-state index in [2.05, 4.69) is 0 Å². The van der Waals surface area contributed by atoms with Crippen LogP contribution in [0.5, 0.6) is 0 Å². The van der Waals surface area contributed by atoms with Gasteiger partial charge < -0.3 is 5.11 Å². The first-order chi connectivity index (χ1) is 8.44. The summed E-state index contributed by atoms with van der Waals surface area (Å²) in [7, 11) is 0. The third-order valence-electron chi connectivity index (χ3n) is 2.30. The topological polar surface area (TPSA) is 20.2 Å². The standard InChI is InChI=1S/C10H6Cl2F6O/c11-4-1-2-5(6(12)3-4)7(19)8(9(13,14)15)10(16,17)18/h1-3,7-8,19H. The predicted molar refractivity (Wildman–Crippen MR) is 57.0 cm³/mol. The van der Waals surface area contributed by atoms with Crippen LogP contribution in [0.4, 0.5) is 26.3 Å². The van der Waals surface area contributed by atoms with Crippen molar-refractivity contribution >= 4 is 23.2 Å². The maximum Gasteiger partial charge on any atom is 0.403 e. The zero-order chi connectivity index (χ0) is 15.0. The molecular formula is C10H6Cl2F6O. The van der Waals surface area contributed by atoms with E-state index in [1.807, 2.05) is 0 Å². The summed E-state index contributed by atoms with van der Waals surface area (Å²) in [6, 6.07) is 2.81. The summed E-state index contributed by atoms with van der Waals surface area (Å²) < 4.78 is 74.5. The number of halogens is 8. The highest BCUT2D eigenvalue weighted by Crippen LogP contribution is 2.47. The van der Waals surface area contributed by atoms with Crippen molar-refractivity contribution in [1.82, 2.24) is 0 Å². The number of aliphatic hydroxyl groups is 1. The van der Waals surface area contributed by atoms with Crippen molar-refractivity contribution in [3.05, 3.63) is 33.8 Å². The average molecular weight is 327 g/mol. The number of benzene rings is 1. The van der Waals surface area contributed by atoms with Crippen LogP contribution >= 0.6 is 23.2 Å². The molecule has 0 aliphatic rings. The number of hydrogen-bond donors (Lipinski definition) is 1. The molecule has 1 atom stereocenters. The first-order valence-electron chi connectivity index (χ1n) is 4.71. The third kappa shape index (κ3) is 3.90. The molecule has 0 radical (unpaired) electrons. The van der Waals surface area contributed by atoms with E-state index in [1.165, 1.54) is 0 Å². The summed E-state index contributed by atoms with van der Waals surface area (Å²) in [5.41, 5.74) is -0.689. The Hall–Kier alpha value is -0.660. The van der Waals surface area contributed by atoms with Crippen molar-refractivity contribution in [3.8, 4) is 0 Å². The van der Waals surface area contributed by atoms with Gasteiger partial charge in [-0.1, -0.05) is 29.3 Å². The van der Waals surface area contributed by atoms with Gasteiger partial charge in [-0.2, -0.15) is 26.3 Å². The van der Waals surface area contributed by atoms with Crippen LogP contribution in [0.3, 0.4) is 0 Å². The van der Waals surface area contributed by atoms with Crippen molar-refractivity contribution in [2.75, 3.05) is 0 Å². The molecule has 0 saturated carbocycles. The van der Waals surface area contributed by atoms with E-state index in [0.29, 0.717) is 0 Å². The van der Waals surface area contributed by atoms with Gasteiger partial charge in [0.2, 0.25) is 0 Å². The monoisotopic (exact) mass is 326 g/mol. The molecule has 1 unspecified atom stereocenters. The van der Waals surface area contributed by atoms with Crippen LogP contribution in [0.25, 0.3) is 0 Å². The van der Waals surface area contributed by atoms with Gasteiger partial charge >= 0.3 is 12.4 Å². The van der Waals surface area contributed by atoms with Crippen molar-refractivity contribution in [2.45, 2.75) is 18.5 Å². The lowest BCUT2D eigenvalue weighted by molar-refractivity contribution is -0.307. The third-order valence-corrected chi connectivity index (χ3v) is 2.86. The maximum atomic E-state index is 12.4. The second-order valence-electron chi connectivity index (χ2n) is 3.67. The Bertz CT molecular complexity index is 442. The van der Waals surface area contributed by atoms with Crippen LogP contribution in [0.2, 0.25) is 10.0 Å². The molecule has 0 aliphatic heterocycles. The summed E-state index contributed by atoms with van der Waals surface area (Å²) in [5.74, 6) is -3.92. The molecule has 0 heterocycles. The molecule has 0 aromatic heterocycles. The van der Waals surface area contributed by atoms with Crippen molar-refractivity contribution in [3.63, 3.8) is 0 Å². The fourth-order valence-corrected chi connectivity index (χ4v) is 1.98. The van der Waals surface area contributed by atoms with Gasteiger partial charge in [0, 0.05) is 15.6 Å². The van der Waals surface area contributed by atoms with Gasteiger partial charge in [-0.3, -0.25) is 0 Å². The number of rotatable bonds is 2. The fourth-order valence-electron chi connectivity index (χ4n) is 1.46. The second-order valence-corrected chi connectivity index (χ2v) is 4.52. The Balaban J connectivity index is 3.24. The molecule has 1 nitrogen and oxygen atoms in total. The summed E-state index contributed by atoms with van der Waals surface area (Å²) >= 11 is 11.0. The number of hydrogen-bond acceptors (Lipinski definition) is 1. The molecule has 1 aromatic carbocycles. The van der Waals surface area contributed by atoms with Crippen molar-refractivity contribution in [2.24, 2.45) is 5.92 Å². The molecule has 1 rings (SSSR count). The van der Waals surface area contributed by atoms with Gasteiger partial charge in [-0.25, -0.2) is 0 Å². The quantitative estimate of drug-likeness (QED) is 0.776. The first kappa shape index (κ1) is 16.4.